The number of hydrogen-bond donors (Lipinski definition) is 0. The van der Waals surface area contributed by atoms with Gasteiger partial charge in [-0.05, 0) is 39.1 Å². The van der Waals surface area contributed by atoms with Gasteiger partial charge in [0.15, 0.2) is 0 Å². The molecule has 16 heavy (non-hydrogen) atoms. The van der Waals surface area contributed by atoms with Gasteiger partial charge >= 0.3 is 0 Å². The summed E-state index contributed by atoms with van der Waals surface area (Å²) in [6.45, 7) is 7.93. The van der Waals surface area contributed by atoms with Gasteiger partial charge in [-0.2, -0.15) is 5.26 Å². The van der Waals surface area contributed by atoms with Crippen LogP contribution in [0.3, 0.4) is 0 Å². The van der Waals surface area contributed by atoms with Gasteiger partial charge in [-0.25, -0.2) is 0 Å². The van der Waals surface area contributed by atoms with E-state index in [2.05, 4.69) is 6.07 Å². The van der Waals surface area contributed by atoms with Crippen LogP contribution < -0.4 is 0 Å². The lowest BCUT2D eigenvalue weighted by atomic mass is 10.2. The van der Waals surface area contributed by atoms with Crippen molar-refractivity contribution in [3.63, 3.8) is 0 Å². The Morgan fingerprint density at radius 2 is 1.94 bits per heavy atom. The Labute approximate surface area is 100 Å². The van der Waals surface area contributed by atoms with Crippen molar-refractivity contribution in [2.45, 2.75) is 39.8 Å². The van der Waals surface area contributed by atoms with Crippen LogP contribution in [0.4, 0.5) is 0 Å². The highest BCUT2D eigenvalue weighted by atomic mass is 32.1. The third-order valence-corrected chi connectivity index (χ3v) is 3.23. The molecular weight excluding hydrogens is 220 g/mol. The fourth-order valence-electron chi connectivity index (χ4n) is 1.75. The Balaban J connectivity index is 3.05. The largest absolute Gasteiger partial charge is 0.333 e. The molecule has 1 aromatic heterocycles. The monoisotopic (exact) mass is 236 g/mol. The third-order valence-electron chi connectivity index (χ3n) is 2.33. The van der Waals surface area contributed by atoms with Crippen LogP contribution in [0.1, 0.15) is 42.9 Å². The van der Waals surface area contributed by atoms with Gasteiger partial charge in [-0.1, -0.05) is 0 Å². The molecule has 1 heterocycles. The second kappa shape index (κ2) is 5.13. The van der Waals surface area contributed by atoms with Crippen LogP contribution in [0.25, 0.3) is 0 Å². The third kappa shape index (κ3) is 2.42. The highest BCUT2D eigenvalue weighted by Gasteiger charge is 2.24. The van der Waals surface area contributed by atoms with Crippen LogP contribution in [0.2, 0.25) is 0 Å². The van der Waals surface area contributed by atoms with Crippen LogP contribution in [-0.2, 0) is 0 Å². The molecule has 86 valence electrons. The minimum absolute atomic E-state index is 0.0449. The lowest BCUT2D eigenvalue weighted by molar-refractivity contribution is 0.0648. The summed E-state index contributed by atoms with van der Waals surface area (Å²) in [6.07, 6.45) is 0. The van der Waals surface area contributed by atoms with Crippen molar-refractivity contribution in [1.82, 2.24) is 4.90 Å². The second-order valence-electron chi connectivity index (χ2n) is 4.18. The van der Waals surface area contributed by atoms with E-state index >= 15 is 0 Å². The van der Waals surface area contributed by atoms with Crippen molar-refractivity contribution in [3.8, 4) is 6.07 Å². The highest BCUT2D eigenvalue weighted by molar-refractivity contribution is 7.12. The molecule has 0 saturated heterocycles. The zero-order valence-electron chi connectivity index (χ0n) is 10.0. The maximum Gasteiger partial charge on any atom is 0.265 e. The summed E-state index contributed by atoms with van der Waals surface area (Å²) in [5.41, 5.74) is 0.473. The van der Waals surface area contributed by atoms with Crippen LogP contribution >= 0.6 is 11.3 Å². The summed E-state index contributed by atoms with van der Waals surface area (Å²) in [6, 6.07) is 4.02. The first kappa shape index (κ1) is 12.7. The van der Waals surface area contributed by atoms with Gasteiger partial charge in [0.05, 0.1) is 5.56 Å². The fraction of sp³-hybridized carbons (Fsp3) is 0.500. The summed E-state index contributed by atoms with van der Waals surface area (Å²) in [7, 11) is 0. The van der Waals surface area contributed by atoms with E-state index < -0.39 is 0 Å². The van der Waals surface area contributed by atoms with Gasteiger partial charge in [0.2, 0.25) is 0 Å². The van der Waals surface area contributed by atoms with E-state index in [4.69, 9.17) is 5.26 Å². The van der Waals surface area contributed by atoms with E-state index in [0.717, 1.165) is 0 Å². The molecule has 1 aromatic rings. The predicted octanol–water partition coefficient (Wildman–Crippen LogP) is 2.88. The standard InChI is InChI=1S/C12H16N2OS/c1-8(2)14(9(3)4)12(15)11-10(7-13)5-6-16-11/h5-6,8-9H,1-4H3. The summed E-state index contributed by atoms with van der Waals surface area (Å²) in [5, 5.41) is 10.7. The van der Waals surface area contributed by atoms with Crippen molar-refractivity contribution in [2.75, 3.05) is 0 Å². The Kier molecular flexibility index (Phi) is 4.08. The lowest BCUT2D eigenvalue weighted by Gasteiger charge is -2.30. The molecule has 0 spiro atoms. The molecule has 4 heteroatoms. The van der Waals surface area contributed by atoms with E-state index in [1.807, 2.05) is 27.7 Å². The number of nitrogens with zero attached hydrogens (tertiary/aromatic N) is 2. The van der Waals surface area contributed by atoms with E-state index in [-0.39, 0.29) is 18.0 Å². The molecule has 0 aromatic carbocycles. The Morgan fingerprint density at radius 3 is 2.38 bits per heavy atom. The molecule has 0 radical (unpaired) electrons. The van der Waals surface area contributed by atoms with E-state index in [9.17, 15) is 4.79 Å². The van der Waals surface area contributed by atoms with E-state index in [0.29, 0.717) is 10.4 Å². The van der Waals surface area contributed by atoms with Crippen molar-refractivity contribution in [1.29, 1.82) is 5.26 Å². The smallest absolute Gasteiger partial charge is 0.265 e. The molecular formula is C12H16N2OS. The number of amides is 1. The SMILES string of the molecule is CC(C)N(C(=O)c1sccc1C#N)C(C)C. The Hall–Kier alpha value is -1.34. The molecule has 0 aliphatic rings. The van der Waals surface area contributed by atoms with Gasteiger partial charge in [0, 0.05) is 12.1 Å². The minimum atomic E-state index is -0.0449. The Morgan fingerprint density at radius 1 is 1.38 bits per heavy atom. The van der Waals surface area contributed by atoms with Crippen LogP contribution in [0.5, 0.6) is 0 Å². The maximum atomic E-state index is 12.3. The van der Waals surface area contributed by atoms with E-state index in [1.165, 1.54) is 11.3 Å². The number of hydrogen-bond acceptors (Lipinski definition) is 3. The molecule has 0 bridgehead atoms. The fourth-order valence-corrected chi connectivity index (χ4v) is 2.53. The first-order valence-electron chi connectivity index (χ1n) is 5.29. The lowest BCUT2D eigenvalue weighted by Crippen LogP contribution is -2.41. The molecule has 0 fully saturated rings. The number of carbonyl (C=O) groups excluding carboxylic acids is 1. The summed E-state index contributed by atoms with van der Waals surface area (Å²) >= 11 is 1.33. The number of rotatable bonds is 3. The molecule has 0 aliphatic heterocycles. The minimum Gasteiger partial charge on any atom is -0.333 e. The summed E-state index contributed by atoms with van der Waals surface area (Å²) in [4.78, 5) is 14.6. The van der Waals surface area contributed by atoms with Gasteiger partial charge in [0.25, 0.3) is 5.91 Å². The molecule has 0 saturated carbocycles. The van der Waals surface area contributed by atoms with Crippen molar-refractivity contribution >= 4 is 17.2 Å². The average Bonchev–Trinajstić information content (AvgIpc) is 2.63. The molecule has 1 amide bonds. The van der Waals surface area contributed by atoms with Crippen molar-refractivity contribution in [3.05, 3.63) is 21.9 Å². The van der Waals surface area contributed by atoms with Gasteiger partial charge in [-0.3, -0.25) is 4.79 Å². The van der Waals surface area contributed by atoms with Gasteiger partial charge in [0.1, 0.15) is 10.9 Å². The van der Waals surface area contributed by atoms with Crippen LogP contribution in [-0.4, -0.2) is 22.9 Å². The quantitative estimate of drug-likeness (QED) is 0.810. The predicted molar refractivity (Wildman–Crippen MR) is 65.5 cm³/mol. The first-order valence-corrected chi connectivity index (χ1v) is 6.17. The van der Waals surface area contributed by atoms with Crippen LogP contribution in [0.15, 0.2) is 11.4 Å². The Bertz CT molecular complexity index is 407. The zero-order chi connectivity index (χ0) is 12.3. The molecule has 0 N–H and O–H groups in total. The maximum absolute atomic E-state index is 12.3. The van der Waals surface area contributed by atoms with E-state index in [1.54, 1.807) is 16.3 Å². The molecule has 0 atom stereocenters. The van der Waals surface area contributed by atoms with Gasteiger partial charge in [-0.15, -0.1) is 11.3 Å². The zero-order valence-corrected chi connectivity index (χ0v) is 10.8. The number of thiophene rings is 1. The average molecular weight is 236 g/mol. The summed E-state index contributed by atoms with van der Waals surface area (Å²) in [5.74, 6) is -0.0449. The normalized spacial score (nSPS) is 10.6. The van der Waals surface area contributed by atoms with Crippen molar-refractivity contribution < 1.29 is 4.79 Å². The topological polar surface area (TPSA) is 44.1 Å². The highest BCUT2D eigenvalue weighted by Crippen LogP contribution is 2.20. The number of carbonyl (C=O) groups is 1. The van der Waals surface area contributed by atoms with Crippen LogP contribution in [0, 0.1) is 11.3 Å². The molecule has 0 aliphatic carbocycles. The number of nitriles is 1. The summed E-state index contributed by atoms with van der Waals surface area (Å²) < 4.78 is 0. The molecule has 0 unspecified atom stereocenters. The molecule has 1 rings (SSSR count). The molecule has 3 nitrogen and oxygen atoms in total. The van der Waals surface area contributed by atoms with Gasteiger partial charge < -0.3 is 4.90 Å². The second-order valence-corrected chi connectivity index (χ2v) is 5.09. The first-order chi connectivity index (χ1) is 7.49. The van der Waals surface area contributed by atoms with Crippen molar-refractivity contribution in [2.24, 2.45) is 0 Å².